The molecule has 0 aliphatic heterocycles. The molecule has 2 rings (SSSR count). The van der Waals surface area contributed by atoms with Crippen LogP contribution in [0.2, 0.25) is 5.02 Å². The van der Waals surface area contributed by atoms with Crippen molar-refractivity contribution in [3.63, 3.8) is 0 Å². The molecule has 0 saturated carbocycles. The normalized spacial score (nSPS) is 12.8. The first-order valence-corrected chi connectivity index (χ1v) is 9.52. The Bertz CT molecular complexity index is 827. The van der Waals surface area contributed by atoms with Crippen LogP contribution in [0, 0.1) is 11.6 Å². The second-order valence-electron chi connectivity index (χ2n) is 5.75. The van der Waals surface area contributed by atoms with Gasteiger partial charge in [-0.05, 0) is 56.2 Å². The zero-order valence-electron chi connectivity index (χ0n) is 13.6. The fourth-order valence-electron chi connectivity index (χ4n) is 2.34. The van der Waals surface area contributed by atoms with Crippen molar-refractivity contribution in [2.75, 3.05) is 10.8 Å². The van der Waals surface area contributed by atoms with Crippen LogP contribution in [0.25, 0.3) is 0 Å². The van der Waals surface area contributed by atoms with E-state index in [1.54, 1.807) is 6.92 Å². The van der Waals surface area contributed by atoms with E-state index in [0.29, 0.717) is 17.9 Å². The van der Waals surface area contributed by atoms with Gasteiger partial charge in [0.15, 0.2) is 0 Å². The van der Waals surface area contributed by atoms with Gasteiger partial charge in [0.1, 0.15) is 11.6 Å². The van der Waals surface area contributed by atoms with Crippen molar-refractivity contribution in [1.82, 2.24) is 0 Å². The molecule has 0 fully saturated rings. The van der Waals surface area contributed by atoms with Crippen molar-refractivity contribution < 1.29 is 17.2 Å². The molecule has 0 aliphatic rings. The molecule has 1 atom stereocenters. The van der Waals surface area contributed by atoms with Gasteiger partial charge in [0, 0.05) is 23.7 Å². The average Bonchev–Trinajstić information content (AvgIpc) is 2.54. The van der Waals surface area contributed by atoms with E-state index < -0.39 is 21.7 Å². The maximum absolute atomic E-state index is 14.2. The van der Waals surface area contributed by atoms with E-state index in [-0.39, 0.29) is 23.2 Å². The van der Waals surface area contributed by atoms with Crippen molar-refractivity contribution in [2.45, 2.75) is 30.7 Å². The molecule has 0 aliphatic carbocycles. The van der Waals surface area contributed by atoms with E-state index in [0.717, 1.165) is 22.5 Å². The molecule has 0 amide bonds. The van der Waals surface area contributed by atoms with Gasteiger partial charge in [-0.15, -0.1) is 0 Å². The SMILES string of the molecule is C[C@@H](N)CCCN(c1cc(F)ccc1F)S(=O)(=O)c1ccc(Cl)cc1. The summed E-state index contributed by atoms with van der Waals surface area (Å²) in [5.41, 5.74) is 5.36. The van der Waals surface area contributed by atoms with Crippen LogP contribution in [0.5, 0.6) is 0 Å². The van der Waals surface area contributed by atoms with E-state index in [1.807, 2.05) is 0 Å². The van der Waals surface area contributed by atoms with Gasteiger partial charge in [-0.1, -0.05) is 11.6 Å². The zero-order chi connectivity index (χ0) is 18.6. The highest BCUT2D eigenvalue weighted by Crippen LogP contribution is 2.28. The van der Waals surface area contributed by atoms with Crippen LogP contribution >= 0.6 is 11.6 Å². The number of sulfonamides is 1. The summed E-state index contributed by atoms with van der Waals surface area (Å²) >= 11 is 5.79. The Labute approximate surface area is 151 Å². The van der Waals surface area contributed by atoms with Gasteiger partial charge in [-0.3, -0.25) is 4.31 Å². The zero-order valence-corrected chi connectivity index (χ0v) is 15.2. The Morgan fingerprint density at radius 1 is 1.16 bits per heavy atom. The molecule has 0 heterocycles. The molecular weight excluding hydrogens is 370 g/mol. The number of halogens is 3. The maximum atomic E-state index is 14.2. The van der Waals surface area contributed by atoms with Gasteiger partial charge in [-0.25, -0.2) is 17.2 Å². The van der Waals surface area contributed by atoms with Crippen molar-refractivity contribution in [3.05, 3.63) is 59.1 Å². The lowest BCUT2D eigenvalue weighted by molar-refractivity contribution is 0.570. The molecule has 0 unspecified atom stereocenters. The van der Waals surface area contributed by atoms with Crippen molar-refractivity contribution in [3.8, 4) is 0 Å². The highest BCUT2D eigenvalue weighted by molar-refractivity contribution is 7.92. The fourth-order valence-corrected chi connectivity index (χ4v) is 3.97. The number of nitrogens with two attached hydrogens (primary N) is 1. The summed E-state index contributed by atoms with van der Waals surface area (Å²) in [5.74, 6) is -1.54. The number of hydrogen-bond donors (Lipinski definition) is 1. The lowest BCUT2D eigenvalue weighted by atomic mass is 10.2. The van der Waals surface area contributed by atoms with Gasteiger partial charge in [0.05, 0.1) is 10.6 Å². The summed E-state index contributed by atoms with van der Waals surface area (Å²) in [4.78, 5) is -0.0543. The molecule has 2 N–H and O–H groups in total. The molecule has 25 heavy (non-hydrogen) atoms. The molecular formula is C17H19ClF2N2O2S. The predicted molar refractivity (Wildman–Crippen MR) is 95.2 cm³/mol. The monoisotopic (exact) mass is 388 g/mol. The quantitative estimate of drug-likeness (QED) is 0.781. The smallest absolute Gasteiger partial charge is 0.264 e. The van der Waals surface area contributed by atoms with Gasteiger partial charge in [0.2, 0.25) is 0 Å². The minimum Gasteiger partial charge on any atom is -0.328 e. The van der Waals surface area contributed by atoms with Gasteiger partial charge < -0.3 is 5.73 Å². The summed E-state index contributed by atoms with van der Waals surface area (Å²) in [6.07, 6.45) is 0.948. The van der Waals surface area contributed by atoms with Crippen LogP contribution in [0.1, 0.15) is 19.8 Å². The number of benzene rings is 2. The second-order valence-corrected chi connectivity index (χ2v) is 8.05. The topological polar surface area (TPSA) is 63.4 Å². The molecule has 2 aromatic carbocycles. The Morgan fingerprint density at radius 3 is 2.40 bits per heavy atom. The Morgan fingerprint density at radius 2 is 1.80 bits per heavy atom. The third kappa shape index (κ3) is 4.90. The number of hydrogen-bond acceptors (Lipinski definition) is 3. The maximum Gasteiger partial charge on any atom is 0.264 e. The number of rotatable bonds is 7. The van der Waals surface area contributed by atoms with Crippen LogP contribution in [-0.2, 0) is 10.0 Å². The van der Waals surface area contributed by atoms with Crippen molar-refractivity contribution in [1.29, 1.82) is 0 Å². The molecule has 136 valence electrons. The fraction of sp³-hybridized carbons (Fsp3) is 0.294. The molecule has 2 aromatic rings. The second kappa shape index (κ2) is 8.12. The molecule has 0 aromatic heterocycles. The lowest BCUT2D eigenvalue weighted by Gasteiger charge is -2.25. The standard InChI is InChI=1S/C17H19ClF2N2O2S/c1-12(21)3-2-10-22(17-11-14(19)6-9-16(17)20)25(23,24)15-7-4-13(18)5-8-15/h4-9,11-12H,2-3,10,21H2,1H3/t12-/m1/s1. The Balaban J connectivity index is 2.46. The van der Waals surface area contributed by atoms with E-state index in [1.165, 1.54) is 24.3 Å². The first-order chi connectivity index (χ1) is 11.7. The van der Waals surface area contributed by atoms with Crippen LogP contribution < -0.4 is 10.0 Å². The van der Waals surface area contributed by atoms with Crippen molar-refractivity contribution >= 4 is 27.3 Å². The van der Waals surface area contributed by atoms with Crippen molar-refractivity contribution in [2.24, 2.45) is 5.73 Å². The van der Waals surface area contributed by atoms with E-state index in [9.17, 15) is 17.2 Å². The van der Waals surface area contributed by atoms with Gasteiger partial charge in [0.25, 0.3) is 10.0 Å². The summed E-state index contributed by atoms with van der Waals surface area (Å²) in [6.45, 7) is 1.77. The summed E-state index contributed by atoms with van der Waals surface area (Å²) in [6, 6.07) is 8.09. The highest BCUT2D eigenvalue weighted by Gasteiger charge is 2.27. The van der Waals surface area contributed by atoms with Crippen LogP contribution in [0.3, 0.4) is 0 Å². The first-order valence-electron chi connectivity index (χ1n) is 7.71. The lowest BCUT2D eigenvalue weighted by Crippen LogP contribution is -2.33. The summed E-state index contributed by atoms with van der Waals surface area (Å²) < 4.78 is 54.5. The van der Waals surface area contributed by atoms with Crippen LogP contribution in [0.15, 0.2) is 47.4 Å². The predicted octanol–water partition coefficient (Wildman–Crippen LogP) is 3.94. The molecule has 8 heteroatoms. The largest absolute Gasteiger partial charge is 0.328 e. The third-order valence-corrected chi connectivity index (χ3v) is 5.68. The van der Waals surface area contributed by atoms with E-state index in [4.69, 9.17) is 17.3 Å². The van der Waals surface area contributed by atoms with E-state index in [2.05, 4.69) is 0 Å². The number of nitrogens with zero attached hydrogens (tertiary/aromatic N) is 1. The Hall–Kier alpha value is -1.70. The molecule has 0 saturated heterocycles. The molecule has 0 radical (unpaired) electrons. The Kier molecular flexibility index (Phi) is 6.37. The van der Waals surface area contributed by atoms with Gasteiger partial charge >= 0.3 is 0 Å². The van der Waals surface area contributed by atoms with E-state index >= 15 is 0 Å². The minimum atomic E-state index is -4.08. The minimum absolute atomic E-state index is 0.0210. The highest BCUT2D eigenvalue weighted by atomic mass is 35.5. The summed E-state index contributed by atoms with van der Waals surface area (Å²) in [7, 11) is -4.08. The molecule has 0 bridgehead atoms. The average molecular weight is 389 g/mol. The first kappa shape index (κ1) is 19.6. The van der Waals surface area contributed by atoms with Crippen LogP contribution in [0.4, 0.5) is 14.5 Å². The molecule has 4 nitrogen and oxygen atoms in total. The third-order valence-electron chi connectivity index (χ3n) is 3.60. The van der Waals surface area contributed by atoms with Gasteiger partial charge in [-0.2, -0.15) is 0 Å². The number of anilines is 1. The summed E-state index contributed by atoms with van der Waals surface area (Å²) in [5, 5.41) is 0.374. The molecule has 0 spiro atoms. The van der Waals surface area contributed by atoms with Crippen LogP contribution in [-0.4, -0.2) is 21.0 Å².